The number of hydrogen-bond donors (Lipinski definition) is 0. The molecule has 0 atom stereocenters. The van der Waals surface area contributed by atoms with Gasteiger partial charge in [-0.2, -0.15) is 0 Å². The Morgan fingerprint density at radius 2 is 2.00 bits per heavy atom. The molecule has 0 bridgehead atoms. The van der Waals surface area contributed by atoms with E-state index in [1.54, 1.807) is 23.9 Å². The highest BCUT2D eigenvalue weighted by molar-refractivity contribution is 8.22. The Bertz CT molecular complexity index is 235. The summed E-state index contributed by atoms with van der Waals surface area (Å²) in [5, 5.41) is 0. The molecule has 0 aromatic heterocycles. The molecule has 2 nitrogen and oxygen atoms in total. The minimum Gasteiger partial charge on any atom is -0.358 e. The smallest absolute Gasteiger partial charge is 0.156 e. The van der Waals surface area contributed by atoms with Crippen LogP contribution in [0.1, 0.15) is 27.2 Å². The molecule has 0 fully saturated rings. The van der Waals surface area contributed by atoms with Crippen molar-refractivity contribution in [3.63, 3.8) is 0 Å². The zero-order valence-electron chi connectivity index (χ0n) is 9.66. The number of hydrogen-bond acceptors (Lipinski definition) is 3. The molecule has 0 spiro atoms. The van der Waals surface area contributed by atoms with Crippen LogP contribution in [0.4, 0.5) is 0 Å². The molecule has 0 aliphatic carbocycles. The predicted molar refractivity (Wildman–Crippen MR) is 72.4 cm³/mol. The third kappa shape index (κ3) is 6.68. The molecule has 0 aliphatic heterocycles. The summed E-state index contributed by atoms with van der Waals surface area (Å²) in [4.78, 5) is 13.3. The first-order chi connectivity index (χ1) is 7.15. The highest BCUT2D eigenvalue weighted by Gasteiger charge is 2.06. The number of carbonyl (C=O) groups is 1. The molecule has 0 heterocycles. The van der Waals surface area contributed by atoms with Crippen LogP contribution in [0.15, 0.2) is 12.2 Å². The van der Waals surface area contributed by atoms with Gasteiger partial charge in [-0.15, -0.1) is 0 Å². The van der Waals surface area contributed by atoms with Gasteiger partial charge in [0.25, 0.3) is 0 Å². The van der Waals surface area contributed by atoms with Gasteiger partial charge in [0.15, 0.2) is 5.78 Å². The van der Waals surface area contributed by atoms with Gasteiger partial charge in [-0.25, -0.2) is 0 Å². The lowest BCUT2D eigenvalue weighted by Gasteiger charge is -2.20. The molecule has 0 saturated carbocycles. The van der Waals surface area contributed by atoms with Crippen molar-refractivity contribution in [2.75, 3.05) is 18.8 Å². The van der Waals surface area contributed by atoms with Crippen LogP contribution in [-0.4, -0.2) is 33.8 Å². The van der Waals surface area contributed by atoms with E-state index in [9.17, 15) is 4.79 Å². The maximum absolute atomic E-state index is 11.2. The molecule has 0 aliphatic rings. The fourth-order valence-corrected chi connectivity index (χ4v) is 2.51. The fourth-order valence-electron chi connectivity index (χ4n) is 1.08. The van der Waals surface area contributed by atoms with E-state index in [1.165, 1.54) is 0 Å². The summed E-state index contributed by atoms with van der Waals surface area (Å²) in [6, 6.07) is 0. The summed E-state index contributed by atoms with van der Waals surface area (Å²) in [5.74, 6) is 0.950. The van der Waals surface area contributed by atoms with Gasteiger partial charge in [-0.05, 0) is 26.8 Å². The molecule has 0 unspecified atom stereocenters. The van der Waals surface area contributed by atoms with Crippen LogP contribution in [-0.2, 0) is 4.79 Å². The maximum atomic E-state index is 11.2. The molecule has 15 heavy (non-hydrogen) atoms. The Morgan fingerprint density at radius 1 is 1.40 bits per heavy atom. The minimum atomic E-state index is 0.173. The average Bonchev–Trinajstić information content (AvgIpc) is 2.20. The molecule has 0 N–H and O–H groups in total. The Morgan fingerprint density at radius 3 is 2.47 bits per heavy atom. The van der Waals surface area contributed by atoms with Gasteiger partial charge < -0.3 is 4.90 Å². The van der Waals surface area contributed by atoms with Crippen molar-refractivity contribution in [3.8, 4) is 0 Å². The van der Waals surface area contributed by atoms with Crippen molar-refractivity contribution in [1.29, 1.82) is 0 Å². The van der Waals surface area contributed by atoms with E-state index < -0.39 is 0 Å². The summed E-state index contributed by atoms with van der Waals surface area (Å²) in [7, 11) is 0. The van der Waals surface area contributed by atoms with Gasteiger partial charge in [0.05, 0.1) is 0 Å². The quantitative estimate of drug-likeness (QED) is 0.529. The number of thiocarbonyl (C=S) groups is 1. The second kappa shape index (κ2) is 8.92. The first-order valence-corrected chi connectivity index (χ1v) is 6.62. The molecule has 0 amide bonds. The monoisotopic (exact) mass is 245 g/mol. The minimum absolute atomic E-state index is 0.173. The van der Waals surface area contributed by atoms with Crippen LogP contribution in [0, 0.1) is 0 Å². The van der Waals surface area contributed by atoms with E-state index in [4.69, 9.17) is 12.2 Å². The third-order valence-corrected chi connectivity index (χ3v) is 3.47. The Labute approximate surface area is 102 Å². The molecular weight excluding hydrogens is 226 g/mol. The Hall–Kier alpha value is -0.350. The predicted octanol–water partition coefficient (Wildman–Crippen LogP) is 2.88. The molecule has 0 saturated heterocycles. The van der Waals surface area contributed by atoms with E-state index in [1.807, 2.05) is 6.92 Å². The second-order valence-corrected chi connectivity index (χ2v) is 4.73. The lowest BCUT2D eigenvalue weighted by Crippen LogP contribution is -2.26. The molecule has 0 aromatic carbocycles. The van der Waals surface area contributed by atoms with E-state index in [0.29, 0.717) is 6.42 Å². The standard InChI is InChI=1S/C11H19NOS2/c1-4-7-10(13)8-9-15-11(14)12(5-2)6-3/h4,7H,5-6,8-9H2,1-3H3. The maximum Gasteiger partial charge on any atom is 0.156 e. The van der Waals surface area contributed by atoms with Crippen molar-refractivity contribution in [2.45, 2.75) is 27.2 Å². The molecule has 4 heteroatoms. The molecule has 86 valence electrons. The first kappa shape index (κ1) is 14.6. The summed E-state index contributed by atoms with van der Waals surface area (Å²) in [6.07, 6.45) is 3.95. The van der Waals surface area contributed by atoms with E-state index in [0.717, 1.165) is 23.2 Å². The lowest BCUT2D eigenvalue weighted by molar-refractivity contribution is -0.114. The van der Waals surface area contributed by atoms with Crippen LogP contribution in [0.25, 0.3) is 0 Å². The van der Waals surface area contributed by atoms with Gasteiger partial charge in [-0.3, -0.25) is 4.79 Å². The van der Waals surface area contributed by atoms with Crippen LogP contribution >= 0.6 is 24.0 Å². The van der Waals surface area contributed by atoms with Crippen LogP contribution in [0.2, 0.25) is 0 Å². The summed E-state index contributed by atoms with van der Waals surface area (Å²) >= 11 is 6.84. The zero-order chi connectivity index (χ0) is 11.7. The van der Waals surface area contributed by atoms with Crippen LogP contribution < -0.4 is 0 Å². The summed E-state index contributed by atoms with van der Waals surface area (Å²) in [5.41, 5.74) is 0. The highest BCUT2D eigenvalue weighted by Crippen LogP contribution is 2.10. The molecular formula is C11H19NOS2. The number of nitrogens with zero attached hydrogens (tertiary/aromatic N) is 1. The topological polar surface area (TPSA) is 20.3 Å². The van der Waals surface area contributed by atoms with Gasteiger partial charge in [0.1, 0.15) is 4.32 Å². The summed E-state index contributed by atoms with van der Waals surface area (Å²) in [6.45, 7) is 7.89. The van der Waals surface area contributed by atoms with Crippen molar-refractivity contribution >= 4 is 34.1 Å². The van der Waals surface area contributed by atoms with Crippen molar-refractivity contribution in [1.82, 2.24) is 4.90 Å². The normalized spacial score (nSPS) is 10.6. The van der Waals surface area contributed by atoms with Crippen molar-refractivity contribution in [2.24, 2.45) is 0 Å². The second-order valence-electron chi connectivity index (χ2n) is 3.00. The Kier molecular flexibility index (Phi) is 8.71. The third-order valence-electron chi connectivity index (χ3n) is 1.95. The number of allylic oxidation sites excluding steroid dienone is 2. The molecule has 0 radical (unpaired) electrons. The fraction of sp³-hybridized carbons (Fsp3) is 0.636. The Balaban J connectivity index is 3.76. The highest BCUT2D eigenvalue weighted by atomic mass is 32.2. The van der Waals surface area contributed by atoms with E-state index >= 15 is 0 Å². The van der Waals surface area contributed by atoms with Gasteiger partial charge in [0.2, 0.25) is 0 Å². The largest absolute Gasteiger partial charge is 0.358 e. The number of thioether (sulfide) groups is 1. The van der Waals surface area contributed by atoms with Gasteiger partial charge >= 0.3 is 0 Å². The van der Waals surface area contributed by atoms with Gasteiger partial charge in [-0.1, -0.05) is 30.1 Å². The van der Waals surface area contributed by atoms with Crippen LogP contribution in [0.5, 0.6) is 0 Å². The van der Waals surface area contributed by atoms with Crippen molar-refractivity contribution < 1.29 is 4.79 Å². The number of carbonyl (C=O) groups excluding carboxylic acids is 1. The SMILES string of the molecule is CC=CC(=O)CCSC(=S)N(CC)CC. The molecule has 0 rings (SSSR count). The summed E-state index contributed by atoms with van der Waals surface area (Å²) < 4.78 is 0.897. The average molecular weight is 245 g/mol. The lowest BCUT2D eigenvalue weighted by atomic mass is 10.3. The zero-order valence-corrected chi connectivity index (χ0v) is 11.3. The number of rotatable bonds is 6. The van der Waals surface area contributed by atoms with Gasteiger partial charge in [0, 0.05) is 25.3 Å². The van der Waals surface area contributed by atoms with Crippen molar-refractivity contribution in [3.05, 3.63) is 12.2 Å². The van der Waals surface area contributed by atoms with E-state index in [2.05, 4.69) is 18.7 Å². The van der Waals surface area contributed by atoms with Crippen LogP contribution in [0.3, 0.4) is 0 Å². The number of ketones is 1. The first-order valence-electron chi connectivity index (χ1n) is 5.22. The van der Waals surface area contributed by atoms with E-state index in [-0.39, 0.29) is 5.78 Å². The molecule has 0 aromatic rings.